The lowest BCUT2D eigenvalue weighted by molar-refractivity contribution is -0.139. The van der Waals surface area contributed by atoms with E-state index in [9.17, 15) is 9.59 Å². The van der Waals surface area contributed by atoms with Crippen molar-refractivity contribution < 1.29 is 14.3 Å². The van der Waals surface area contributed by atoms with E-state index in [4.69, 9.17) is 33.7 Å². The number of halogens is 2. The maximum atomic E-state index is 12.7. The third kappa shape index (κ3) is 6.40. The maximum absolute atomic E-state index is 12.7. The number of carbonyl (C=O) groups is 2. The number of piperidine rings is 1. The number of nitrogen functional groups attached to an aromatic ring is 1. The molecule has 1 aromatic carbocycles. The highest BCUT2D eigenvalue weighted by Gasteiger charge is 2.35. The van der Waals surface area contributed by atoms with Crippen LogP contribution >= 0.6 is 23.2 Å². The zero-order chi connectivity index (χ0) is 27.5. The minimum absolute atomic E-state index is 0.0122. The van der Waals surface area contributed by atoms with E-state index in [1.165, 1.54) is 5.56 Å². The molecule has 2 aromatic rings. The van der Waals surface area contributed by atoms with Gasteiger partial charge in [-0.05, 0) is 50.0 Å². The van der Waals surface area contributed by atoms with E-state index in [0.717, 1.165) is 63.6 Å². The van der Waals surface area contributed by atoms with Crippen LogP contribution in [0.4, 0.5) is 11.6 Å². The van der Waals surface area contributed by atoms with E-state index in [0.29, 0.717) is 24.3 Å². The van der Waals surface area contributed by atoms with Gasteiger partial charge in [-0.2, -0.15) is 0 Å². The number of cyclic esters (lactones) is 1. The highest BCUT2D eigenvalue weighted by molar-refractivity contribution is 6.32. The Balaban J connectivity index is 1.18. The molecule has 2 atom stereocenters. The predicted molar refractivity (Wildman–Crippen MR) is 151 cm³/mol. The fourth-order valence-corrected chi connectivity index (χ4v) is 6.18. The van der Waals surface area contributed by atoms with Gasteiger partial charge in [-0.3, -0.25) is 14.6 Å². The minimum atomic E-state index is -0.708. The SMILES string of the molecule is CC[C@H]1CN(c2nc(N)c(C(=O)N[C@H]3CCOC3=O)nc2Cl)CCN1C1CCN(Cc2ccc(Cl)cc2)CC1. The van der Waals surface area contributed by atoms with E-state index in [2.05, 4.69) is 49.0 Å². The van der Waals surface area contributed by atoms with Crippen LogP contribution in [-0.2, 0) is 16.1 Å². The van der Waals surface area contributed by atoms with Crippen LogP contribution in [0.25, 0.3) is 0 Å². The van der Waals surface area contributed by atoms with Gasteiger partial charge in [0.15, 0.2) is 22.5 Å². The van der Waals surface area contributed by atoms with Gasteiger partial charge in [0.05, 0.1) is 6.61 Å². The molecule has 0 unspecified atom stereocenters. The molecule has 3 fully saturated rings. The van der Waals surface area contributed by atoms with Crippen LogP contribution in [0.3, 0.4) is 0 Å². The van der Waals surface area contributed by atoms with Crippen LogP contribution in [0.1, 0.15) is 48.7 Å². The van der Waals surface area contributed by atoms with Gasteiger partial charge < -0.3 is 20.7 Å². The Bertz CT molecular complexity index is 1190. The number of anilines is 2. The third-order valence-electron chi connectivity index (χ3n) is 7.96. The van der Waals surface area contributed by atoms with Crippen molar-refractivity contribution in [2.24, 2.45) is 0 Å². The first-order chi connectivity index (χ1) is 18.8. The molecule has 0 bridgehead atoms. The number of benzene rings is 1. The molecular weight excluding hydrogens is 541 g/mol. The van der Waals surface area contributed by atoms with Gasteiger partial charge in [-0.25, -0.2) is 14.8 Å². The Morgan fingerprint density at radius 3 is 2.51 bits per heavy atom. The molecule has 12 heteroatoms. The summed E-state index contributed by atoms with van der Waals surface area (Å²) in [6.07, 6.45) is 3.68. The summed E-state index contributed by atoms with van der Waals surface area (Å²) in [4.78, 5) is 40.4. The molecule has 1 amide bonds. The molecule has 1 aromatic heterocycles. The number of hydrogen-bond donors (Lipinski definition) is 2. The molecule has 5 rings (SSSR count). The van der Waals surface area contributed by atoms with Crippen molar-refractivity contribution in [3.05, 3.63) is 45.7 Å². The largest absolute Gasteiger partial charge is 0.464 e. The van der Waals surface area contributed by atoms with Gasteiger partial charge in [-0.15, -0.1) is 0 Å². The van der Waals surface area contributed by atoms with Crippen LogP contribution in [0.5, 0.6) is 0 Å². The Hall–Kier alpha value is -2.66. The second-order valence-corrected chi connectivity index (χ2v) is 11.2. The Morgan fingerprint density at radius 1 is 1.10 bits per heavy atom. The number of likely N-dealkylation sites (tertiary alicyclic amines) is 1. The molecule has 10 nitrogen and oxygen atoms in total. The summed E-state index contributed by atoms with van der Waals surface area (Å²) < 4.78 is 4.90. The average molecular weight is 577 g/mol. The van der Waals surface area contributed by atoms with E-state index in [-0.39, 0.29) is 23.3 Å². The molecule has 0 radical (unpaired) electrons. The van der Waals surface area contributed by atoms with Crippen molar-refractivity contribution in [3.63, 3.8) is 0 Å². The molecule has 0 spiro atoms. The summed E-state index contributed by atoms with van der Waals surface area (Å²) in [5.74, 6) is -0.576. The average Bonchev–Trinajstić information content (AvgIpc) is 3.35. The first kappa shape index (κ1) is 27.9. The fraction of sp³-hybridized carbons (Fsp3) is 0.556. The van der Waals surface area contributed by atoms with Crippen molar-refractivity contribution in [2.45, 2.75) is 57.3 Å². The third-order valence-corrected chi connectivity index (χ3v) is 8.47. The van der Waals surface area contributed by atoms with Gasteiger partial charge in [-0.1, -0.05) is 42.3 Å². The van der Waals surface area contributed by atoms with Gasteiger partial charge in [0.2, 0.25) is 0 Å². The van der Waals surface area contributed by atoms with Crippen molar-refractivity contribution in [2.75, 3.05) is 50.0 Å². The Morgan fingerprint density at radius 2 is 1.85 bits per heavy atom. The lowest BCUT2D eigenvalue weighted by Gasteiger charge is -2.47. The second-order valence-electron chi connectivity index (χ2n) is 10.4. The molecule has 210 valence electrons. The van der Waals surface area contributed by atoms with Crippen molar-refractivity contribution in [1.29, 1.82) is 0 Å². The lowest BCUT2D eigenvalue weighted by Crippen LogP contribution is -2.58. The highest BCUT2D eigenvalue weighted by atomic mass is 35.5. The molecule has 0 aliphatic carbocycles. The Labute approximate surface area is 238 Å². The maximum Gasteiger partial charge on any atom is 0.328 e. The van der Waals surface area contributed by atoms with E-state index >= 15 is 0 Å². The standard InChI is InChI=1S/C27H35Cl2N7O3/c1-2-19-16-35(25-23(29)32-22(24(30)33-25)26(37)31-21-9-14-39-27(21)38)12-13-36(19)20-7-10-34(11-8-20)15-17-3-5-18(28)6-4-17/h3-6,19-21H,2,7-16H2,1H3,(H2,30,33)(H,31,37)/t19-,21-/m0/s1. The van der Waals surface area contributed by atoms with Crippen molar-refractivity contribution in [3.8, 4) is 0 Å². The van der Waals surface area contributed by atoms with Gasteiger partial charge in [0.1, 0.15) is 6.04 Å². The molecule has 3 N–H and O–H groups in total. The Kier molecular flexibility index (Phi) is 8.76. The van der Waals surface area contributed by atoms with Crippen molar-refractivity contribution >= 4 is 46.7 Å². The zero-order valence-corrected chi connectivity index (χ0v) is 23.6. The summed E-state index contributed by atoms with van der Waals surface area (Å²) >= 11 is 12.6. The number of carbonyl (C=O) groups excluding carboxylic acids is 2. The van der Waals surface area contributed by atoms with Crippen LogP contribution in [-0.4, -0.2) is 89.1 Å². The molecule has 39 heavy (non-hydrogen) atoms. The number of ether oxygens (including phenoxy) is 1. The number of nitrogens with one attached hydrogen (secondary N) is 1. The topological polar surface area (TPSA) is 117 Å². The number of piperazine rings is 1. The molecule has 3 aliphatic rings. The minimum Gasteiger partial charge on any atom is -0.464 e. The molecule has 3 saturated heterocycles. The second kappa shape index (κ2) is 12.2. The van der Waals surface area contributed by atoms with E-state index in [1.54, 1.807) is 0 Å². The summed E-state index contributed by atoms with van der Waals surface area (Å²) in [5.41, 5.74) is 7.34. The number of nitrogens with two attached hydrogens (primary N) is 1. The first-order valence-electron chi connectivity index (χ1n) is 13.6. The van der Waals surface area contributed by atoms with Crippen molar-refractivity contribution in [1.82, 2.24) is 25.1 Å². The number of rotatable bonds is 7. The van der Waals surface area contributed by atoms with Gasteiger partial charge >= 0.3 is 5.97 Å². The quantitative estimate of drug-likeness (QED) is 0.480. The summed E-state index contributed by atoms with van der Waals surface area (Å²) in [6, 6.07) is 8.30. The normalized spacial score (nSPS) is 23.2. The molecule has 0 saturated carbocycles. The van der Waals surface area contributed by atoms with Crippen LogP contribution in [0, 0.1) is 0 Å². The van der Waals surface area contributed by atoms with Crippen LogP contribution in [0.2, 0.25) is 10.2 Å². The molecular formula is C27H35Cl2N7O3. The summed E-state index contributed by atoms with van der Waals surface area (Å²) in [6.45, 7) is 7.97. The van der Waals surface area contributed by atoms with E-state index < -0.39 is 17.9 Å². The van der Waals surface area contributed by atoms with Crippen LogP contribution in [0.15, 0.2) is 24.3 Å². The molecule has 4 heterocycles. The number of hydrogen-bond acceptors (Lipinski definition) is 9. The predicted octanol–water partition coefficient (Wildman–Crippen LogP) is 2.98. The zero-order valence-electron chi connectivity index (χ0n) is 22.1. The highest BCUT2D eigenvalue weighted by Crippen LogP contribution is 2.30. The fourth-order valence-electron chi connectivity index (χ4n) is 5.80. The number of aromatic nitrogens is 2. The number of amides is 1. The smallest absolute Gasteiger partial charge is 0.328 e. The molecule has 3 aliphatic heterocycles. The van der Waals surface area contributed by atoms with Crippen LogP contribution < -0.4 is 16.0 Å². The number of esters is 1. The summed E-state index contributed by atoms with van der Waals surface area (Å²) in [5, 5.41) is 3.50. The lowest BCUT2D eigenvalue weighted by atomic mass is 9.98. The monoisotopic (exact) mass is 575 g/mol. The number of nitrogens with zero attached hydrogens (tertiary/aromatic N) is 5. The van der Waals surface area contributed by atoms with Gasteiger partial charge in [0.25, 0.3) is 5.91 Å². The van der Waals surface area contributed by atoms with Gasteiger partial charge in [0, 0.05) is 49.7 Å². The van der Waals surface area contributed by atoms with E-state index in [1.807, 2.05) is 12.1 Å². The first-order valence-corrected chi connectivity index (χ1v) is 14.4. The summed E-state index contributed by atoms with van der Waals surface area (Å²) in [7, 11) is 0.